The molecule has 1 heterocycles. The van der Waals surface area contributed by atoms with Gasteiger partial charge in [0.05, 0.1) is 18.3 Å². The molecule has 0 saturated heterocycles. The largest absolute Gasteiger partial charge is 0.394 e. The Labute approximate surface area is 156 Å². The maximum absolute atomic E-state index is 9.62. The number of benzene rings is 1. The summed E-state index contributed by atoms with van der Waals surface area (Å²) in [6.45, 7) is 10.6. The number of rotatable bonds is 7. The lowest BCUT2D eigenvalue weighted by atomic mass is 10.1. The quantitative estimate of drug-likeness (QED) is 0.685. The molecule has 2 aromatic rings. The first kappa shape index (κ1) is 18.6. The number of hydrogen-bond acceptors (Lipinski definition) is 5. The predicted octanol–water partition coefficient (Wildman–Crippen LogP) is 4.45. The summed E-state index contributed by atoms with van der Waals surface area (Å²) in [5, 5.41) is 16.4. The molecule has 1 aromatic heterocycles. The van der Waals surface area contributed by atoms with Crippen LogP contribution in [0, 0.1) is 26.7 Å². The molecule has 1 aliphatic rings. The standard InChI is InChI=1S/C21H30N4O/c1-12(2)18(11-26)23-21-22-17(16-6-7-16)10-19(25-21)24-20-14(4)8-13(3)9-15(20)5/h8-10,12,16,18,26H,6-7,11H2,1-5H3,(H2,22,23,24,25)/t18-/m1/s1. The van der Waals surface area contributed by atoms with Crippen LogP contribution in [0.5, 0.6) is 0 Å². The second kappa shape index (κ2) is 7.62. The Bertz CT molecular complexity index is 761. The van der Waals surface area contributed by atoms with E-state index < -0.39 is 0 Å². The number of nitrogens with one attached hydrogen (secondary N) is 2. The van der Waals surface area contributed by atoms with Gasteiger partial charge in [-0.1, -0.05) is 31.5 Å². The van der Waals surface area contributed by atoms with Crippen LogP contribution in [-0.4, -0.2) is 27.7 Å². The average molecular weight is 354 g/mol. The fraction of sp³-hybridized carbons (Fsp3) is 0.524. The topological polar surface area (TPSA) is 70.1 Å². The zero-order valence-corrected chi connectivity index (χ0v) is 16.4. The highest BCUT2D eigenvalue weighted by molar-refractivity contribution is 5.66. The molecular formula is C21H30N4O. The van der Waals surface area contributed by atoms with Crippen LogP contribution in [0.25, 0.3) is 0 Å². The van der Waals surface area contributed by atoms with Gasteiger partial charge < -0.3 is 15.7 Å². The molecule has 0 aliphatic heterocycles. The van der Waals surface area contributed by atoms with E-state index in [9.17, 15) is 5.11 Å². The van der Waals surface area contributed by atoms with Gasteiger partial charge in [-0.05, 0) is 50.7 Å². The van der Waals surface area contributed by atoms with E-state index in [1.165, 1.54) is 29.5 Å². The van der Waals surface area contributed by atoms with E-state index in [4.69, 9.17) is 4.98 Å². The lowest BCUT2D eigenvalue weighted by Crippen LogP contribution is -2.30. The highest BCUT2D eigenvalue weighted by Crippen LogP contribution is 2.40. The summed E-state index contributed by atoms with van der Waals surface area (Å²) in [4.78, 5) is 9.36. The summed E-state index contributed by atoms with van der Waals surface area (Å²) in [5.41, 5.74) is 5.85. The molecule has 5 nitrogen and oxygen atoms in total. The highest BCUT2D eigenvalue weighted by atomic mass is 16.3. The van der Waals surface area contributed by atoms with E-state index in [1.807, 2.05) is 0 Å². The average Bonchev–Trinajstić information content (AvgIpc) is 3.40. The lowest BCUT2D eigenvalue weighted by Gasteiger charge is -2.21. The van der Waals surface area contributed by atoms with Gasteiger partial charge in [-0.3, -0.25) is 0 Å². The Morgan fingerprint density at radius 1 is 1.08 bits per heavy atom. The molecule has 0 unspecified atom stereocenters. The maximum atomic E-state index is 9.62. The highest BCUT2D eigenvalue weighted by Gasteiger charge is 2.27. The third-order valence-corrected chi connectivity index (χ3v) is 4.99. The number of nitrogens with zero attached hydrogens (tertiary/aromatic N) is 2. The first-order valence-corrected chi connectivity index (χ1v) is 9.48. The van der Waals surface area contributed by atoms with Gasteiger partial charge in [0.15, 0.2) is 0 Å². The van der Waals surface area contributed by atoms with Crippen molar-refractivity contribution in [2.24, 2.45) is 5.92 Å². The van der Waals surface area contributed by atoms with Gasteiger partial charge >= 0.3 is 0 Å². The molecule has 1 atom stereocenters. The molecule has 1 aromatic carbocycles. The molecule has 5 heteroatoms. The van der Waals surface area contributed by atoms with Crippen LogP contribution in [0.3, 0.4) is 0 Å². The normalized spacial score (nSPS) is 15.2. The molecule has 0 bridgehead atoms. The van der Waals surface area contributed by atoms with Gasteiger partial charge in [0.1, 0.15) is 5.82 Å². The van der Waals surface area contributed by atoms with Crippen molar-refractivity contribution in [1.82, 2.24) is 9.97 Å². The third kappa shape index (κ3) is 4.33. The van der Waals surface area contributed by atoms with E-state index in [0.717, 1.165) is 17.2 Å². The molecule has 1 saturated carbocycles. The molecule has 140 valence electrons. The van der Waals surface area contributed by atoms with Crippen molar-refractivity contribution in [1.29, 1.82) is 0 Å². The van der Waals surface area contributed by atoms with Crippen LogP contribution in [0.1, 0.15) is 55.0 Å². The summed E-state index contributed by atoms with van der Waals surface area (Å²) in [7, 11) is 0. The minimum absolute atomic E-state index is 0.0554. The monoisotopic (exact) mass is 354 g/mol. The predicted molar refractivity (Wildman–Crippen MR) is 107 cm³/mol. The van der Waals surface area contributed by atoms with E-state index in [2.05, 4.69) is 68.4 Å². The van der Waals surface area contributed by atoms with Crippen molar-refractivity contribution in [2.45, 2.75) is 59.4 Å². The smallest absolute Gasteiger partial charge is 0.225 e. The van der Waals surface area contributed by atoms with Gasteiger partial charge in [-0.2, -0.15) is 4.98 Å². The maximum Gasteiger partial charge on any atom is 0.225 e. The Balaban J connectivity index is 1.91. The molecule has 0 spiro atoms. The van der Waals surface area contributed by atoms with Gasteiger partial charge in [-0.15, -0.1) is 0 Å². The van der Waals surface area contributed by atoms with Crippen molar-refractivity contribution in [3.8, 4) is 0 Å². The van der Waals surface area contributed by atoms with E-state index in [-0.39, 0.29) is 12.6 Å². The number of aliphatic hydroxyl groups is 1. The van der Waals surface area contributed by atoms with Crippen LogP contribution < -0.4 is 10.6 Å². The molecule has 1 aliphatic carbocycles. The minimum Gasteiger partial charge on any atom is -0.394 e. The molecule has 1 fully saturated rings. The Hall–Kier alpha value is -2.14. The second-order valence-electron chi connectivity index (χ2n) is 7.85. The first-order valence-electron chi connectivity index (χ1n) is 9.48. The van der Waals surface area contributed by atoms with E-state index in [0.29, 0.717) is 17.8 Å². The van der Waals surface area contributed by atoms with E-state index in [1.54, 1.807) is 0 Å². The Kier molecular flexibility index (Phi) is 5.47. The molecule has 0 radical (unpaired) electrons. The fourth-order valence-electron chi connectivity index (χ4n) is 3.28. The van der Waals surface area contributed by atoms with Crippen molar-refractivity contribution in [2.75, 3.05) is 17.2 Å². The van der Waals surface area contributed by atoms with Crippen molar-refractivity contribution >= 4 is 17.5 Å². The van der Waals surface area contributed by atoms with Crippen molar-refractivity contribution in [3.63, 3.8) is 0 Å². The van der Waals surface area contributed by atoms with Gasteiger partial charge in [0.2, 0.25) is 5.95 Å². The van der Waals surface area contributed by atoms with Gasteiger partial charge in [0.25, 0.3) is 0 Å². The second-order valence-corrected chi connectivity index (χ2v) is 7.85. The van der Waals surface area contributed by atoms with Crippen LogP contribution in [-0.2, 0) is 0 Å². The Morgan fingerprint density at radius 3 is 2.27 bits per heavy atom. The summed E-state index contributed by atoms with van der Waals surface area (Å²) in [6.07, 6.45) is 2.37. The zero-order chi connectivity index (χ0) is 18.8. The van der Waals surface area contributed by atoms with E-state index >= 15 is 0 Å². The minimum atomic E-state index is -0.0554. The first-order chi connectivity index (χ1) is 12.4. The zero-order valence-electron chi connectivity index (χ0n) is 16.4. The number of aromatic nitrogens is 2. The number of aliphatic hydroxyl groups excluding tert-OH is 1. The van der Waals surface area contributed by atoms with Crippen LogP contribution in [0.4, 0.5) is 17.5 Å². The molecule has 3 N–H and O–H groups in total. The third-order valence-electron chi connectivity index (χ3n) is 4.99. The fourth-order valence-corrected chi connectivity index (χ4v) is 3.28. The summed E-state index contributed by atoms with van der Waals surface area (Å²) < 4.78 is 0. The van der Waals surface area contributed by atoms with Gasteiger partial charge in [0, 0.05) is 17.7 Å². The molecule has 3 rings (SSSR count). The van der Waals surface area contributed by atoms with Gasteiger partial charge in [-0.25, -0.2) is 4.98 Å². The van der Waals surface area contributed by atoms with Crippen LogP contribution in [0.15, 0.2) is 18.2 Å². The van der Waals surface area contributed by atoms with Crippen molar-refractivity contribution in [3.05, 3.63) is 40.6 Å². The number of aryl methyl sites for hydroxylation is 3. The molecule has 26 heavy (non-hydrogen) atoms. The van der Waals surface area contributed by atoms with Crippen LogP contribution in [0.2, 0.25) is 0 Å². The summed E-state index contributed by atoms with van der Waals surface area (Å²) in [6, 6.07) is 6.36. The summed E-state index contributed by atoms with van der Waals surface area (Å²) >= 11 is 0. The lowest BCUT2D eigenvalue weighted by molar-refractivity contribution is 0.248. The van der Waals surface area contributed by atoms with Crippen molar-refractivity contribution < 1.29 is 5.11 Å². The summed E-state index contributed by atoms with van der Waals surface area (Å²) in [5.74, 6) is 2.23. The molecular weight excluding hydrogens is 324 g/mol. The molecule has 0 amide bonds. The SMILES string of the molecule is Cc1cc(C)c(Nc2cc(C3CC3)nc(N[C@H](CO)C(C)C)n2)c(C)c1. The number of anilines is 3. The van der Waals surface area contributed by atoms with Crippen LogP contribution >= 0.6 is 0 Å². The Morgan fingerprint density at radius 2 is 1.73 bits per heavy atom. The number of hydrogen-bond donors (Lipinski definition) is 3.